The predicted molar refractivity (Wildman–Crippen MR) is 66.5 cm³/mol. The topological polar surface area (TPSA) is 55.9 Å². The molecule has 6 heteroatoms. The number of hydrogen-bond acceptors (Lipinski definition) is 3. The smallest absolute Gasteiger partial charge is 0.131 e. The van der Waals surface area contributed by atoms with Crippen LogP contribution in [0, 0.1) is 5.82 Å². The standard InChI is InChI=1S/C11H12BrFN4/c1-17-6-5-15-11(17)10(16-14)9-7(12)3-2-4-8(9)13/h2-6,10,16H,14H2,1H3. The summed E-state index contributed by atoms with van der Waals surface area (Å²) in [5.74, 6) is 5.83. The van der Waals surface area contributed by atoms with E-state index in [0.717, 1.165) is 0 Å². The first kappa shape index (κ1) is 12.2. The lowest BCUT2D eigenvalue weighted by molar-refractivity contribution is 0.531. The fraction of sp³-hybridized carbons (Fsp3) is 0.182. The number of nitrogens with one attached hydrogen (secondary N) is 1. The van der Waals surface area contributed by atoms with Gasteiger partial charge >= 0.3 is 0 Å². The van der Waals surface area contributed by atoms with Gasteiger partial charge < -0.3 is 4.57 Å². The maximum Gasteiger partial charge on any atom is 0.131 e. The molecule has 1 atom stereocenters. The number of benzene rings is 1. The van der Waals surface area contributed by atoms with Crippen LogP contribution in [0.2, 0.25) is 0 Å². The lowest BCUT2D eigenvalue weighted by Gasteiger charge is -2.18. The third-order valence-electron chi connectivity index (χ3n) is 2.57. The Morgan fingerprint density at radius 2 is 2.29 bits per heavy atom. The zero-order valence-corrected chi connectivity index (χ0v) is 10.8. The highest BCUT2D eigenvalue weighted by Crippen LogP contribution is 2.29. The van der Waals surface area contributed by atoms with Crippen molar-refractivity contribution in [3.05, 3.63) is 52.3 Å². The van der Waals surface area contributed by atoms with E-state index in [1.807, 2.05) is 7.05 Å². The number of nitrogens with zero attached hydrogens (tertiary/aromatic N) is 2. The molecular weight excluding hydrogens is 287 g/mol. The van der Waals surface area contributed by atoms with Gasteiger partial charge in [0.25, 0.3) is 0 Å². The summed E-state index contributed by atoms with van der Waals surface area (Å²) >= 11 is 3.33. The van der Waals surface area contributed by atoms with Gasteiger partial charge in [0.05, 0.1) is 0 Å². The second-order valence-electron chi connectivity index (χ2n) is 3.63. The van der Waals surface area contributed by atoms with Crippen LogP contribution in [0.4, 0.5) is 4.39 Å². The number of imidazole rings is 1. The van der Waals surface area contributed by atoms with E-state index >= 15 is 0 Å². The molecule has 1 aromatic carbocycles. The zero-order valence-electron chi connectivity index (χ0n) is 9.19. The number of hydrazine groups is 1. The number of hydrogen-bond donors (Lipinski definition) is 2. The van der Waals surface area contributed by atoms with Crippen molar-refractivity contribution < 1.29 is 4.39 Å². The van der Waals surface area contributed by atoms with E-state index in [1.165, 1.54) is 6.07 Å². The number of aryl methyl sites for hydroxylation is 1. The first-order valence-corrected chi connectivity index (χ1v) is 5.81. The Morgan fingerprint density at radius 3 is 2.82 bits per heavy atom. The van der Waals surface area contributed by atoms with Gasteiger partial charge in [0, 0.05) is 29.5 Å². The first-order valence-electron chi connectivity index (χ1n) is 5.02. The maximum absolute atomic E-state index is 13.8. The summed E-state index contributed by atoms with van der Waals surface area (Å²) in [6.45, 7) is 0. The fourth-order valence-electron chi connectivity index (χ4n) is 1.73. The highest BCUT2D eigenvalue weighted by molar-refractivity contribution is 9.10. The summed E-state index contributed by atoms with van der Waals surface area (Å²) in [6, 6.07) is 4.30. The molecule has 0 spiro atoms. The molecule has 3 N–H and O–H groups in total. The predicted octanol–water partition coefficient (Wildman–Crippen LogP) is 1.87. The van der Waals surface area contributed by atoms with E-state index in [0.29, 0.717) is 15.9 Å². The number of halogens is 2. The first-order chi connectivity index (χ1) is 8.15. The van der Waals surface area contributed by atoms with Crippen molar-refractivity contribution in [1.29, 1.82) is 0 Å². The normalized spacial score (nSPS) is 12.7. The summed E-state index contributed by atoms with van der Waals surface area (Å²) in [5.41, 5.74) is 3.04. The van der Waals surface area contributed by atoms with Crippen molar-refractivity contribution >= 4 is 15.9 Å². The molecule has 90 valence electrons. The van der Waals surface area contributed by atoms with Crippen LogP contribution in [0.3, 0.4) is 0 Å². The molecule has 1 aromatic heterocycles. The molecule has 0 radical (unpaired) electrons. The molecule has 1 unspecified atom stereocenters. The Hall–Kier alpha value is -1.24. The minimum absolute atomic E-state index is 0.328. The molecule has 4 nitrogen and oxygen atoms in total. The molecule has 0 aliphatic carbocycles. The van der Waals surface area contributed by atoms with Crippen LogP contribution in [0.25, 0.3) is 0 Å². The quantitative estimate of drug-likeness (QED) is 0.672. The second kappa shape index (κ2) is 4.95. The fourth-order valence-corrected chi connectivity index (χ4v) is 2.30. The minimum Gasteiger partial charge on any atom is -0.336 e. The Morgan fingerprint density at radius 1 is 1.53 bits per heavy atom. The second-order valence-corrected chi connectivity index (χ2v) is 4.49. The van der Waals surface area contributed by atoms with Crippen LogP contribution >= 0.6 is 15.9 Å². The van der Waals surface area contributed by atoms with Gasteiger partial charge in [-0.1, -0.05) is 22.0 Å². The lowest BCUT2D eigenvalue weighted by atomic mass is 10.1. The van der Waals surface area contributed by atoms with Crippen molar-refractivity contribution in [2.75, 3.05) is 0 Å². The molecule has 2 aromatic rings. The van der Waals surface area contributed by atoms with Gasteiger partial charge in [-0.15, -0.1) is 0 Å². The van der Waals surface area contributed by atoms with Crippen LogP contribution in [0.1, 0.15) is 17.4 Å². The molecule has 2 rings (SSSR count). The van der Waals surface area contributed by atoms with Gasteiger partial charge in [-0.25, -0.2) is 14.8 Å². The van der Waals surface area contributed by atoms with E-state index < -0.39 is 6.04 Å². The highest BCUT2D eigenvalue weighted by atomic mass is 79.9. The van der Waals surface area contributed by atoms with Crippen molar-refractivity contribution in [1.82, 2.24) is 15.0 Å². The van der Waals surface area contributed by atoms with E-state index in [9.17, 15) is 4.39 Å². The number of aromatic nitrogens is 2. The van der Waals surface area contributed by atoms with Gasteiger partial charge in [0.15, 0.2) is 0 Å². The van der Waals surface area contributed by atoms with Crippen molar-refractivity contribution in [3.8, 4) is 0 Å². The molecule has 17 heavy (non-hydrogen) atoms. The summed E-state index contributed by atoms with van der Waals surface area (Å²) < 4.78 is 16.3. The largest absolute Gasteiger partial charge is 0.336 e. The summed E-state index contributed by atoms with van der Waals surface area (Å²) in [4.78, 5) is 4.18. The molecule has 0 fully saturated rings. The molecule has 0 aliphatic heterocycles. The highest BCUT2D eigenvalue weighted by Gasteiger charge is 2.22. The van der Waals surface area contributed by atoms with E-state index in [1.54, 1.807) is 29.1 Å². The van der Waals surface area contributed by atoms with Gasteiger partial charge in [-0.05, 0) is 12.1 Å². The molecule has 1 heterocycles. The zero-order chi connectivity index (χ0) is 12.4. The van der Waals surface area contributed by atoms with E-state index in [4.69, 9.17) is 5.84 Å². The van der Waals surface area contributed by atoms with Crippen molar-refractivity contribution in [2.24, 2.45) is 12.9 Å². The van der Waals surface area contributed by atoms with E-state index in [2.05, 4.69) is 26.3 Å². The van der Waals surface area contributed by atoms with Crippen LogP contribution in [-0.4, -0.2) is 9.55 Å². The summed E-state index contributed by atoms with van der Waals surface area (Å²) in [6.07, 6.45) is 3.43. The Labute approximate surface area is 107 Å². The molecule has 0 saturated carbocycles. The molecule has 0 amide bonds. The molecule has 0 aliphatic rings. The average molecular weight is 299 g/mol. The SMILES string of the molecule is Cn1ccnc1C(NN)c1c(F)cccc1Br. The van der Waals surface area contributed by atoms with Crippen LogP contribution < -0.4 is 11.3 Å². The number of nitrogens with two attached hydrogens (primary N) is 1. The van der Waals surface area contributed by atoms with E-state index in [-0.39, 0.29) is 5.82 Å². The third kappa shape index (κ3) is 2.24. The van der Waals surface area contributed by atoms with Gasteiger partial charge in [-0.2, -0.15) is 0 Å². The van der Waals surface area contributed by atoms with Gasteiger partial charge in [-0.3, -0.25) is 5.84 Å². The summed E-state index contributed by atoms with van der Waals surface area (Å²) in [5, 5.41) is 0. The van der Waals surface area contributed by atoms with Gasteiger partial charge in [0.2, 0.25) is 0 Å². The van der Waals surface area contributed by atoms with Crippen LogP contribution in [0.5, 0.6) is 0 Å². The van der Waals surface area contributed by atoms with Crippen LogP contribution in [0.15, 0.2) is 35.1 Å². The monoisotopic (exact) mass is 298 g/mol. The molecular formula is C11H12BrFN4. The average Bonchev–Trinajstić information content (AvgIpc) is 2.70. The molecule has 0 bridgehead atoms. The maximum atomic E-state index is 13.8. The van der Waals surface area contributed by atoms with Crippen molar-refractivity contribution in [2.45, 2.75) is 6.04 Å². The third-order valence-corrected chi connectivity index (χ3v) is 3.26. The summed E-state index contributed by atoms with van der Waals surface area (Å²) in [7, 11) is 1.83. The Kier molecular flexibility index (Phi) is 3.56. The lowest BCUT2D eigenvalue weighted by Crippen LogP contribution is -2.31. The minimum atomic E-state index is -0.495. The number of rotatable bonds is 3. The van der Waals surface area contributed by atoms with Crippen LogP contribution in [-0.2, 0) is 7.05 Å². The molecule has 0 saturated heterocycles. The van der Waals surface area contributed by atoms with Crippen molar-refractivity contribution in [3.63, 3.8) is 0 Å². The Balaban J connectivity index is 2.53. The van der Waals surface area contributed by atoms with Gasteiger partial charge in [0.1, 0.15) is 17.7 Å². The Bertz CT molecular complexity index is 506.